The average Bonchev–Trinajstić information content (AvgIpc) is 2.86. The lowest BCUT2D eigenvalue weighted by molar-refractivity contribution is -0.136. The van der Waals surface area contributed by atoms with Gasteiger partial charge in [0.15, 0.2) is 9.84 Å². The molecule has 3 aromatic carbocycles. The minimum Gasteiger partial charge on any atom is -0.478 e. The number of hydrogen-bond donors (Lipinski definition) is 1. The summed E-state index contributed by atoms with van der Waals surface area (Å²) in [7, 11) is -3.79. The maximum Gasteiger partial charge on any atom is 0.418 e. The average molecular weight is 528 g/mol. The fraction of sp³-hybridized carbons (Fsp3) is 0.214. The van der Waals surface area contributed by atoms with E-state index in [2.05, 4.69) is 4.98 Å². The van der Waals surface area contributed by atoms with Crippen molar-refractivity contribution in [3.63, 3.8) is 0 Å². The van der Waals surface area contributed by atoms with Crippen molar-refractivity contribution in [3.05, 3.63) is 83.6 Å². The van der Waals surface area contributed by atoms with Gasteiger partial charge >= 0.3 is 12.1 Å². The summed E-state index contributed by atoms with van der Waals surface area (Å²) in [6, 6.07) is 14.5. The Labute approximate surface area is 212 Å². The zero-order valence-electron chi connectivity index (χ0n) is 20.3. The Balaban J connectivity index is 2.08. The second kappa shape index (κ2) is 9.63. The van der Waals surface area contributed by atoms with Gasteiger partial charge in [-0.15, -0.1) is 0 Å². The smallest absolute Gasteiger partial charge is 0.418 e. The monoisotopic (exact) mass is 527 g/mol. The number of pyridine rings is 1. The van der Waals surface area contributed by atoms with Crippen molar-refractivity contribution in [2.75, 3.05) is 5.75 Å². The zero-order valence-corrected chi connectivity index (χ0v) is 21.1. The van der Waals surface area contributed by atoms with Crippen LogP contribution in [0.25, 0.3) is 33.2 Å². The molecule has 5 nitrogen and oxygen atoms in total. The quantitative estimate of drug-likeness (QED) is 0.287. The summed E-state index contributed by atoms with van der Waals surface area (Å²) in [5.74, 6) is -1.61. The lowest BCUT2D eigenvalue weighted by Crippen LogP contribution is -2.10. The third kappa shape index (κ3) is 4.83. The van der Waals surface area contributed by atoms with Crippen LogP contribution in [0.1, 0.15) is 48.2 Å². The Hall–Kier alpha value is -3.72. The van der Waals surface area contributed by atoms with E-state index in [9.17, 15) is 31.5 Å². The molecule has 0 atom stereocenters. The number of halogens is 3. The molecule has 0 radical (unpaired) electrons. The fourth-order valence-corrected chi connectivity index (χ4v) is 5.61. The van der Waals surface area contributed by atoms with Gasteiger partial charge in [0.2, 0.25) is 0 Å². The third-order valence-corrected chi connectivity index (χ3v) is 8.04. The molecule has 9 heteroatoms. The molecule has 0 amide bonds. The number of para-hydroxylation sites is 1. The minimum absolute atomic E-state index is 0.0409. The van der Waals surface area contributed by atoms with Crippen molar-refractivity contribution in [2.45, 2.75) is 37.8 Å². The van der Waals surface area contributed by atoms with E-state index in [-0.39, 0.29) is 33.2 Å². The maximum absolute atomic E-state index is 13.8. The van der Waals surface area contributed by atoms with Crippen molar-refractivity contribution >= 4 is 26.7 Å². The maximum atomic E-state index is 13.8. The highest BCUT2D eigenvalue weighted by Crippen LogP contribution is 2.41. The Kier molecular flexibility index (Phi) is 6.85. The lowest BCUT2D eigenvalue weighted by atomic mass is 9.88. The van der Waals surface area contributed by atoms with E-state index >= 15 is 0 Å². The summed E-state index contributed by atoms with van der Waals surface area (Å²) in [5.41, 5.74) is 0.888. The van der Waals surface area contributed by atoms with E-state index in [1.165, 1.54) is 37.4 Å². The summed E-state index contributed by atoms with van der Waals surface area (Å²) in [5, 5.41) is 10.1. The second-order valence-corrected chi connectivity index (χ2v) is 11.2. The summed E-state index contributed by atoms with van der Waals surface area (Å²) in [6.07, 6.45) is -3.17. The van der Waals surface area contributed by atoms with E-state index in [1.54, 1.807) is 30.3 Å². The Morgan fingerprint density at radius 1 is 0.973 bits per heavy atom. The van der Waals surface area contributed by atoms with Crippen molar-refractivity contribution in [2.24, 2.45) is 0 Å². The normalized spacial score (nSPS) is 12.3. The number of fused-ring (bicyclic) bond motifs is 1. The standard InChI is InChI=1S/C28H24F3NO4S/c1-4-37(35,36)23-13-7-11-20(27(33)34)25(23)18-9-5-8-17(14-18)24-19-10-6-12-22(28(29,30)31)26(19)32-15-21(24)16(2)3/h5-16H,4H2,1-3H3,(H,33,34). The van der Waals surface area contributed by atoms with E-state index < -0.39 is 27.5 Å². The minimum atomic E-state index is -4.60. The highest BCUT2D eigenvalue weighted by atomic mass is 32.2. The van der Waals surface area contributed by atoms with Crippen LogP contribution in [0.3, 0.4) is 0 Å². The highest BCUT2D eigenvalue weighted by Gasteiger charge is 2.34. The number of nitrogens with zero attached hydrogens (tertiary/aromatic N) is 1. The molecule has 0 unspecified atom stereocenters. The lowest BCUT2D eigenvalue weighted by Gasteiger charge is -2.19. The molecule has 37 heavy (non-hydrogen) atoms. The summed E-state index contributed by atoms with van der Waals surface area (Å²) >= 11 is 0. The Morgan fingerprint density at radius 3 is 2.19 bits per heavy atom. The first-order chi connectivity index (χ1) is 17.4. The number of hydrogen-bond acceptors (Lipinski definition) is 4. The van der Waals surface area contributed by atoms with Gasteiger partial charge < -0.3 is 5.11 Å². The van der Waals surface area contributed by atoms with E-state index in [0.717, 1.165) is 6.07 Å². The number of carboxylic acid groups (broad SMARTS) is 1. The zero-order chi connectivity index (χ0) is 27.1. The summed E-state index contributed by atoms with van der Waals surface area (Å²) in [4.78, 5) is 16.1. The van der Waals surface area contributed by atoms with Crippen LogP contribution < -0.4 is 0 Å². The molecule has 1 aromatic heterocycles. The van der Waals surface area contributed by atoms with Crippen molar-refractivity contribution in [1.82, 2.24) is 4.98 Å². The molecule has 1 heterocycles. The highest BCUT2D eigenvalue weighted by molar-refractivity contribution is 7.91. The predicted octanol–water partition coefficient (Wildman–Crippen LogP) is 7.20. The van der Waals surface area contributed by atoms with Gasteiger partial charge in [-0.2, -0.15) is 13.2 Å². The first-order valence-corrected chi connectivity index (χ1v) is 13.2. The number of carbonyl (C=O) groups is 1. The fourth-order valence-electron chi connectivity index (χ4n) is 4.48. The van der Waals surface area contributed by atoms with Crippen LogP contribution in [0.5, 0.6) is 0 Å². The molecule has 0 aliphatic rings. The van der Waals surface area contributed by atoms with Crippen LogP contribution >= 0.6 is 0 Å². The van der Waals surface area contributed by atoms with Crippen LogP contribution in [0.2, 0.25) is 0 Å². The number of aromatic carboxylic acids is 1. The topological polar surface area (TPSA) is 84.3 Å². The van der Waals surface area contributed by atoms with E-state index in [4.69, 9.17) is 0 Å². The summed E-state index contributed by atoms with van der Waals surface area (Å²) in [6.45, 7) is 5.27. The largest absolute Gasteiger partial charge is 0.478 e. The van der Waals surface area contributed by atoms with Crippen molar-refractivity contribution in [3.8, 4) is 22.3 Å². The molecular weight excluding hydrogens is 503 g/mol. The molecule has 4 rings (SSSR count). The predicted molar refractivity (Wildman–Crippen MR) is 136 cm³/mol. The first kappa shape index (κ1) is 26.3. The van der Waals surface area contributed by atoms with Gasteiger partial charge in [-0.3, -0.25) is 4.98 Å². The van der Waals surface area contributed by atoms with Gasteiger partial charge in [-0.05, 0) is 52.4 Å². The molecule has 0 saturated heterocycles. The SMILES string of the molecule is CCS(=O)(=O)c1cccc(C(=O)O)c1-c1cccc(-c2c(C(C)C)cnc3c(C(F)(F)F)cccc23)c1. The van der Waals surface area contributed by atoms with Gasteiger partial charge in [0, 0.05) is 17.1 Å². The third-order valence-electron chi connectivity index (χ3n) is 6.27. The van der Waals surface area contributed by atoms with Gasteiger partial charge in [-0.1, -0.05) is 57.2 Å². The van der Waals surface area contributed by atoms with Crippen LogP contribution in [0, 0.1) is 0 Å². The van der Waals surface area contributed by atoms with E-state index in [0.29, 0.717) is 27.6 Å². The number of sulfone groups is 1. The van der Waals surface area contributed by atoms with E-state index in [1.807, 2.05) is 13.8 Å². The molecule has 0 aliphatic heterocycles. The molecule has 4 aromatic rings. The number of carboxylic acids is 1. The second-order valence-electron chi connectivity index (χ2n) is 8.91. The Bertz CT molecular complexity index is 1630. The van der Waals surface area contributed by atoms with Gasteiger partial charge in [-0.25, -0.2) is 13.2 Å². The summed E-state index contributed by atoms with van der Waals surface area (Å²) < 4.78 is 67.0. The van der Waals surface area contributed by atoms with Crippen molar-refractivity contribution in [1.29, 1.82) is 0 Å². The van der Waals surface area contributed by atoms with Crippen LogP contribution in [0.4, 0.5) is 13.2 Å². The number of benzene rings is 3. The number of alkyl halides is 3. The van der Waals surface area contributed by atoms with Gasteiger partial charge in [0.25, 0.3) is 0 Å². The molecule has 0 aliphatic carbocycles. The molecule has 192 valence electrons. The number of aromatic nitrogens is 1. The molecule has 1 N–H and O–H groups in total. The molecule has 0 spiro atoms. The van der Waals surface area contributed by atoms with Crippen LogP contribution in [0.15, 0.2) is 71.8 Å². The number of rotatable bonds is 6. The van der Waals surface area contributed by atoms with Crippen LogP contribution in [-0.2, 0) is 16.0 Å². The molecule has 0 fully saturated rings. The van der Waals surface area contributed by atoms with Gasteiger partial charge in [0.05, 0.1) is 27.3 Å². The molecular formula is C28H24F3NO4S. The Morgan fingerprint density at radius 2 is 1.59 bits per heavy atom. The molecule has 0 bridgehead atoms. The van der Waals surface area contributed by atoms with Crippen molar-refractivity contribution < 1.29 is 31.5 Å². The first-order valence-electron chi connectivity index (χ1n) is 11.6. The van der Waals surface area contributed by atoms with Gasteiger partial charge in [0.1, 0.15) is 0 Å². The van der Waals surface area contributed by atoms with Crippen LogP contribution in [-0.4, -0.2) is 30.2 Å². The molecule has 0 saturated carbocycles.